The van der Waals surface area contributed by atoms with E-state index < -0.39 is 17.2 Å². The molecule has 1 saturated carbocycles. The third kappa shape index (κ3) is 2.82. The van der Waals surface area contributed by atoms with E-state index in [-0.39, 0.29) is 12.5 Å². The molecule has 1 fully saturated rings. The predicted molar refractivity (Wildman–Crippen MR) is 59.6 cm³/mol. The second-order valence-corrected chi connectivity index (χ2v) is 4.74. The summed E-state index contributed by atoms with van der Waals surface area (Å²) in [5.41, 5.74) is -0.366. The summed E-state index contributed by atoms with van der Waals surface area (Å²) in [5, 5.41) is 10.4. The van der Waals surface area contributed by atoms with Crippen LogP contribution in [0.25, 0.3) is 0 Å². The van der Waals surface area contributed by atoms with Crippen LogP contribution in [0.3, 0.4) is 0 Å². The van der Waals surface area contributed by atoms with Gasteiger partial charge in [0.2, 0.25) is 0 Å². The SMILES string of the molecule is COCC(O)(Cc1ccc(F)c(F)c1)C1CC1. The Hall–Kier alpha value is -1.00. The number of aliphatic hydroxyl groups is 1. The van der Waals surface area contributed by atoms with Crippen molar-refractivity contribution in [3.63, 3.8) is 0 Å². The molecule has 0 radical (unpaired) electrons. The maximum atomic E-state index is 13.1. The molecule has 1 unspecified atom stereocenters. The molecule has 2 nitrogen and oxygen atoms in total. The van der Waals surface area contributed by atoms with Crippen LogP contribution >= 0.6 is 0 Å². The maximum absolute atomic E-state index is 13.1. The summed E-state index contributed by atoms with van der Waals surface area (Å²) in [4.78, 5) is 0. The molecule has 17 heavy (non-hydrogen) atoms. The van der Waals surface area contributed by atoms with Crippen LogP contribution in [0.4, 0.5) is 8.78 Å². The Balaban J connectivity index is 2.14. The summed E-state index contributed by atoms with van der Waals surface area (Å²) in [6, 6.07) is 3.73. The highest BCUT2D eigenvalue weighted by Gasteiger charge is 2.43. The van der Waals surface area contributed by atoms with Crippen LogP contribution in [0.5, 0.6) is 0 Å². The van der Waals surface area contributed by atoms with Gasteiger partial charge in [0.05, 0.1) is 12.2 Å². The highest BCUT2D eigenvalue weighted by atomic mass is 19.2. The second kappa shape index (κ2) is 4.70. The zero-order valence-corrected chi connectivity index (χ0v) is 9.75. The first-order chi connectivity index (χ1) is 8.05. The lowest BCUT2D eigenvalue weighted by Gasteiger charge is -2.27. The Labute approximate surface area is 99.2 Å². The molecule has 1 aliphatic carbocycles. The van der Waals surface area contributed by atoms with E-state index in [1.807, 2.05) is 0 Å². The first-order valence-corrected chi connectivity index (χ1v) is 5.70. The van der Waals surface area contributed by atoms with E-state index in [1.54, 1.807) is 0 Å². The average Bonchev–Trinajstić information content (AvgIpc) is 3.07. The lowest BCUT2D eigenvalue weighted by atomic mass is 9.90. The lowest BCUT2D eigenvalue weighted by molar-refractivity contribution is -0.0474. The van der Waals surface area contributed by atoms with Gasteiger partial charge in [-0.15, -0.1) is 0 Å². The zero-order chi connectivity index (χ0) is 12.5. The van der Waals surface area contributed by atoms with Crippen LogP contribution in [-0.4, -0.2) is 24.4 Å². The van der Waals surface area contributed by atoms with E-state index in [0.717, 1.165) is 25.0 Å². The Bertz CT molecular complexity index is 404. The number of hydrogen-bond acceptors (Lipinski definition) is 2. The Morgan fingerprint density at radius 1 is 1.35 bits per heavy atom. The van der Waals surface area contributed by atoms with E-state index in [4.69, 9.17) is 4.74 Å². The third-order valence-electron chi connectivity index (χ3n) is 3.23. The van der Waals surface area contributed by atoms with Gasteiger partial charge < -0.3 is 9.84 Å². The minimum Gasteiger partial charge on any atom is -0.387 e. The largest absolute Gasteiger partial charge is 0.387 e. The Morgan fingerprint density at radius 3 is 2.59 bits per heavy atom. The van der Waals surface area contributed by atoms with Crippen LogP contribution in [-0.2, 0) is 11.2 Å². The third-order valence-corrected chi connectivity index (χ3v) is 3.23. The van der Waals surface area contributed by atoms with Gasteiger partial charge >= 0.3 is 0 Å². The second-order valence-electron chi connectivity index (χ2n) is 4.74. The molecule has 0 saturated heterocycles. The average molecular weight is 242 g/mol. The molecule has 0 heterocycles. The van der Waals surface area contributed by atoms with Gasteiger partial charge in [0.25, 0.3) is 0 Å². The van der Waals surface area contributed by atoms with E-state index in [0.29, 0.717) is 12.0 Å². The first-order valence-electron chi connectivity index (χ1n) is 5.70. The molecule has 1 atom stereocenters. The molecule has 0 amide bonds. The number of ether oxygens (including phenoxy) is 1. The number of hydrogen-bond donors (Lipinski definition) is 1. The Kier molecular flexibility index (Phi) is 3.45. The Morgan fingerprint density at radius 2 is 2.06 bits per heavy atom. The van der Waals surface area contributed by atoms with Gasteiger partial charge in [-0.2, -0.15) is 0 Å². The highest BCUT2D eigenvalue weighted by Crippen LogP contribution is 2.41. The predicted octanol–water partition coefficient (Wildman–Crippen LogP) is 2.29. The fraction of sp³-hybridized carbons (Fsp3) is 0.538. The van der Waals surface area contributed by atoms with Crippen LogP contribution in [0.2, 0.25) is 0 Å². The maximum Gasteiger partial charge on any atom is 0.159 e. The quantitative estimate of drug-likeness (QED) is 0.858. The van der Waals surface area contributed by atoms with Gasteiger partial charge in [-0.3, -0.25) is 0 Å². The summed E-state index contributed by atoms with van der Waals surface area (Å²) < 4.78 is 30.9. The van der Waals surface area contributed by atoms with Crippen molar-refractivity contribution in [1.82, 2.24) is 0 Å². The van der Waals surface area contributed by atoms with Crippen molar-refractivity contribution in [3.8, 4) is 0 Å². The monoisotopic (exact) mass is 242 g/mol. The molecule has 1 aliphatic rings. The van der Waals surface area contributed by atoms with Gasteiger partial charge in [-0.1, -0.05) is 6.07 Å². The lowest BCUT2D eigenvalue weighted by Crippen LogP contribution is -2.39. The van der Waals surface area contributed by atoms with Gasteiger partial charge in [-0.05, 0) is 36.5 Å². The molecule has 0 aromatic heterocycles. The van der Waals surface area contributed by atoms with E-state index in [2.05, 4.69) is 0 Å². The summed E-state index contributed by atoms with van der Waals surface area (Å²) in [6.45, 7) is 0.219. The summed E-state index contributed by atoms with van der Waals surface area (Å²) in [5.74, 6) is -1.54. The molecule has 0 spiro atoms. The number of methoxy groups -OCH3 is 1. The summed E-state index contributed by atoms with van der Waals surface area (Å²) >= 11 is 0. The summed E-state index contributed by atoms with van der Waals surface area (Å²) in [6.07, 6.45) is 2.22. The van der Waals surface area contributed by atoms with Crippen molar-refractivity contribution in [2.45, 2.75) is 24.9 Å². The van der Waals surface area contributed by atoms with Crippen molar-refractivity contribution >= 4 is 0 Å². The normalized spacial score (nSPS) is 19.1. The fourth-order valence-electron chi connectivity index (χ4n) is 2.19. The van der Waals surface area contributed by atoms with Crippen LogP contribution in [0, 0.1) is 17.6 Å². The molecule has 0 aliphatic heterocycles. The van der Waals surface area contributed by atoms with Crippen molar-refractivity contribution in [1.29, 1.82) is 0 Å². The highest BCUT2D eigenvalue weighted by molar-refractivity contribution is 5.20. The fourth-order valence-corrected chi connectivity index (χ4v) is 2.19. The molecule has 0 bridgehead atoms. The van der Waals surface area contributed by atoms with Crippen LogP contribution in [0.15, 0.2) is 18.2 Å². The first kappa shape index (κ1) is 12.5. The number of halogens is 2. The van der Waals surface area contributed by atoms with Crippen molar-refractivity contribution < 1.29 is 18.6 Å². The molecular weight excluding hydrogens is 226 g/mol. The van der Waals surface area contributed by atoms with E-state index >= 15 is 0 Å². The number of rotatable bonds is 5. The minimum atomic E-state index is -0.959. The molecule has 94 valence electrons. The molecule has 1 N–H and O–H groups in total. The minimum absolute atomic E-state index is 0.204. The van der Waals surface area contributed by atoms with Gasteiger partial charge in [-0.25, -0.2) is 8.78 Å². The standard InChI is InChI=1S/C13H16F2O2/c1-17-8-13(16,10-3-4-10)7-9-2-5-11(14)12(15)6-9/h2,5-6,10,16H,3-4,7-8H2,1H3. The number of benzene rings is 1. The van der Waals surface area contributed by atoms with Crippen LogP contribution < -0.4 is 0 Å². The van der Waals surface area contributed by atoms with E-state index in [9.17, 15) is 13.9 Å². The molecular formula is C13H16F2O2. The van der Waals surface area contributed by atoms with E-state index in [1.165, 1.54) is 13.2 Å². The molecule has 4 heteroatoms. The van der Waals surface area contributed by atoms with Crippen molar-refractivity contribution in [2.75, 3.05) is 13.7 Å². The summed E-state index contributed by atoms with van der Waals surface area (Å²) in [7, 11) is 1.53. The van der Waals surface area contributed by atoms with Gasteiger partial charge in [0.15, 0.2) is 11.6 Å². The molecule has 2 rings (SSSR count). The topological polar surface area (TPSA) is 29.5 Å². The molecule has 1 aromatic carbocycles. The van der Waals surface area contributed by atoms with Gasteiger partial charge in [0, 0.05) is 13.5 Å². The smallest absolute Gasteiger partial charge is 0.159 e. The van der Waals surface area contributed by atoms with Crippen LogP contribution in [0.1, 0.15) is 18.4 Å². The zero-order valence-electron chi connectivity index (χ0n) is 9.75. The van der Waals surface area contributed by atoms with Crippen molar-refractivity contribution in [3.05, 3.63) is 35.4 Å². The van der Waals surface area contributed by atoms with Crippen molar-refractivity contribution in [2.24, 2.45) is 5.92 Å². The molecule has 1 aromatic rings. The van der Waals surface area contributed by atoms with Gasteiger partial charge in [0.1, 0.15) is 0 Å².